The standard InChI is InChI=1S/C14H19N5OS/c1-5-18(6-2)14(20)19-8-7-12(17-19)21-13-15-10(3)9-11(4)16-13/h7-9H,5-6H2,1-4H3. The van der Waals surface area contributed by atoms with E-state index in [2.05, 4.69) is 15.1 Å². The maximum absolute atomic E-state index is 12.2. The van der Waals surface area contributed by atoms with Crippen molar-refractivity contribution in [2.75, 3.05) is 13.1 Å². The Balaban J connectivity index is 2.14. The van der Waals surface area contributed by atoms with E-state index < -0.39 is 0 Å². The summed E-state index contributed by atoms with van der Waals surface area (Å²) in [7, 11) is 0. The SMILES string of the molecule is CCN(CC)C(=O)n1ccc(Sc2nc(C)cc(C)n2)n1. The molecule has 1 amide bonds. The van der Waals surface area contributed by atoms with Gasteiger partial charge in [0.25, 0.3) is 0 Å². The highest BCUT2D eigenvalue weighted by atomic mass is 32.2. The number of aromatic nitrogens is 4. The molecule has 0 saturated carbocycles. The summed E-state index contributed by atoms with van der Waals surface area (Å²) >= 11 is 1.36. The molecule has 21 heavy (non-hydrogen) atoms. The number of hydrogen-bond acceptors (Lipinski definition) is 5. The first kappa shape index (κ1) is 15.5. The molecule has 0 aliphatic carbocycles. The van der Waals surface area contributed by atoms with E-state index in [9.17, 15) is 4.79 Å². The van der Waals surface area contributed by atoms with Crippen LogP contribution in [-0.2, 0) is 0 Å². The van der Waals surface area contributed by atoms with Crippen LogP contribution in [0.25, 0.3) is 0 Å². The molecule has 112 valence electrons. The monoisotopic (exact) mass is 305 g/mol. The summed E-state index contributed by atoms with van der Waals surface area (Å²) in [4.78, 5) is 22.6. The summed E-state index contributed by atoms with van der Waals surface area (Å²) in [6, 6.07) is 3.60. The third-order valence-corrected chi connectivity index (χ3v) is 3.74. The molecule has 0 aliphatic heterocycles. The molecule has 0 aliphatic rings. The minimum Gasteiger partial charge on any atom is -0.323 e. The molecule has 0 spiro atoms. The Morgan fingerprint density at radius 3 is 2.43 bits per heavy atom. The van der Waals surface area contributed by atoms with Crippen LogP contribution < -0.4 is 0 Å². The Morgan fingerprint density at radius 2 is 1.86 bits per heavy atom. The van der Waals surface area contributed by atoms with Gasteiger partial charge in [0.1, 0.15) is 5.03 Å². The van der Waals surface area contributed by atoms with Gasteiger partial charge in [-0.25, -0.2) is 14.8 Å². The lowest BCUT2D eigenvalue weighted by molar-refractivity contribution is 0.201. The number of carbonyl (C=O) groups excluding carboxylic acids is 1. The molecule has 0 atom stereocenters. The predicted molar refractivity (Wildman–Crippen MR) is 81.6 cm³/mol. The van der Waals surface area contributed by atoms with Crippen LogP contribution in [0.4, 0.5) is 4.79 Å². The zero-order valence-electron chi connectivity index (χ0n) is 12.7. The Labute approximate surface area is 128 Å². The van der Waals surface area contributed by atoms with Crippen molar-refractivity contribution >= 4 is 17.8 Å². The van der Waals surface area contributed by atoms with Gasteiger partial charge in [-0.3, -0.25) is 0 Å². The van der Waals surface area contributed by atoms with Crippen molar-refractivity contribution in [1.29, 1.82) is 0 Å². The van der Waals surface area contributed by atoms with Crippen LogP contribution in [-0.4, -0.2) is 43.8 Å². The molecule has 0 aromatic carbocycles. The van der Waals surface area contributed by atoms with Crippen LogP contribution in [0.3, 0.4) is 0 Å². The van der Waals surface area contributed by atoms with Crippen LogP contribution in [0.5, 0.6) is 0 Å². The molecule has 2 heterocycles. The fourth-order valence-corrected chi connectivity index (χ4v) is 2.76. The second-order valence-electron chi connectivity index (χ2n) is 4.59. The third-order valence-electron chi connectivity index (χ3n) is 2.95. The van der Waals surface area contributed by atoms with Gasteiger partial charge in [-0.2, -0.15) is 9.78 Å². The molecule has 0 radical (unpaired) electrons. The summed E-state index contributed by atoms with van der Waals surface area (Å²) in [5, 5.41) is 5.65. The Morgan fingerprint density at radius 1 is 1.24 bits per heavy atom. The van der Waals surface area contributed by atoms with Gasteiger partial charge in [0.05, 0.1) is 0 Å². The average molecular weight is 305 g/mol. The molecule has 0 N–H and O–H groups in total. The first-order valence-corrected chi connectivity index (χ1v) is 7.70. The van der Waals surface area contributed by atoms with E-state index >= 15 is 0 Å². The van der Waals surface area contributed by atoms with Crippen molar-refractivity contribution in [3.8, 4) is 0 Å². The number of amides is 1. The Bertz CT molecular complexity index is 616. The number of aryl methyl sites for hydroxylation is 2. The highest BCUT2D eigenvalue weighted by molar-refractivity contribution is 7.99. The van der Waals surface area contributed by atoms with Crippen LogP contribution >= 0.6 is 11.8 Å². The molecule has 0 saturated heterocycles. The van der Waals surface area contributed by atoms with Gasteiger partial charge in [0.15, 0.2) is 5.16 Å². The van der Waals surface area contributed by atoms with Gasteiger partial charge in [-0.15, -0.1) is 0 Å². The normalized spacial score (nSPS) is 10.7. The number of rotatable bonds is 4. The number of nitrogens with zero attached hydrogens (tertiary/aromatic N) is 5. The lowest BCUT2D eigenvalue weighted by Crippen LogP contribution is -2.34. The molecule has 2 aromatic rings. The zero-order chi connectivity index (χ0) is 15.4. The van der Waals surface area contributed by atoms with Crippen LogP contribution in [0.15, 0.2) is 28.5 Å². The van der Waals surface area contributed by atoms with Crippen molar-refractivity contribution in [2.45, 2.75) is 37.9 Å². The van der Waals surface area contributed by atoms with Gasteiger partial charge in [-0.1, -0.05) is 0 Å². The van der Waals surface area contributed by atoms with Crippen molar-refractivity contribution in [3.05, 3.63) is 29.7 Å². The molecule has 2 aromatic heterocycles. The molecular formula is C14H19N5OS. The van der Waals surface area contributed by atoms with Crippen molar-refractivity contribution in [2.24, 2.45) is 0 Å². The van der Waals surface area contributed by atoms with E-state index in [1.165, 1.54) is 16.4 Å². The van der Waals surface area contributed by atoms with E-state index in [0.717, 1.165) is 11.4 Å². The lowest BCUT2D eigenvalue weighted by Gasteiger charge is -2.17. The van der Waals surface area contributed by atoms with Crippen LogP contribution in [0.1, 0.15) is 25.2 Å². The van der Waals surface area contributed by atoms with Gasteiger partial charge in [0.2, 0.25) is 0 Å². The third kappa shape index (κ3) is 3.81. The maximum Gasteiger partial charge on any atom is 0.344 e. The molecule has 0 bridgehead atoms. The summed E-state index contributed by atoms with van der Waals surface area (Å²) in [6.45, 7) is 9.09. The fourth-order valence-electron chi connectivity index (χ4n) is 1.94. The summed E-state index contributed by atoms with van der Waals surface area (Å²) in [6.07, 6.45) is 1.67. The number of carbonyl (C=O) groups is 1. The van der Waals surface area contributed by atoms with Crippen molar-refractivity contribution < 1.29 is 4.79 Å². The summed E-state index contributed by atoms with van der Waals surface area (Å²) < 4.78 is 1.36. The minimum absolute atomic E-state index is 0.117. The van der Waals surface area contributed by atoms with Crippen LogP contribution in [0, 0.1) is 13.8 Å². The molecule has 0 fully saturated rings. The molecule has 7 heteroatoms. The van der Waals surface area contributed by atoms with Crippen LogP contribution in [0.2, 0.25) is 0 Å². The fraction of sp³-hybridized carbons (Fsp3) is 0.429. The van der Waals surface area contributed by atoms with E-state index in [0.29, 0.717) is 23.3 Å². The summed E-state index contributed by atoms with van der Waals surface area (Å²) in [5.74, 6) is 0. The lowest BCUT2D eigenvalue weighted by atomic mass is 10.4. The summed E-state index contributed by atoms with van der Waals surface area (Å²) in [5.41, 5.74) is 1.84. The first-order chi connectivity index (χ1) is 10.0. The van der Waals surface area contributed by atoms with E-state index in [-0.39, 0.29) is 6.03 Å². The highest BCUT2D eigenvalue weighted by Crippen LogP contribution is 2.23. The smallest absolute Gasteiger partial charge is 0.323 e. The predicted octanol–water partition coefficient (Wildman–Crippen LogP) is 2.75. The molecule has 0 unspecified atom stereocenters. The Hall–Kier alpha value is -1.89. The van der Waals surface area contributed by atoms with Crippen molar-refractivity contribution in [1.82, 2.24) is 24.6 Å². The van der Waals surface area contributed by atoms with Crippen molar-refractivity contribution in [3.63, 3.8) is 0 Å². The first-order valence-electron chi connectivity index (χ1n) is 6.88. The van der Waals surface area contributed by atoms with E-state index in [4.69, 9.17) is 0 Å². The molecule has 2 rings (SSSR count). The largest absolute Gasteiger partial charge is 0.344 e. The van der Waals surface area contributed by atoms with Gasteiger partial charge >= 0.3 is 6.03 Å². The minimum atomic E-state index is -0.117. The molecule has 6 nitrogen and oxygen atoms in total. The molecular weight excluding hydrogens is 286 g/mol. The Kier molecular flexibility index (Phi) is 4.95. The highest BCUT2D eigenvalue weighted by Gasteiger charge is 2.14. The van der Waals surface area contributed by atoms with Gasteiger partial charge < -0.3 is 4.90 Å². The second-order valence-corrected chi connectivity index (χ2v) is 5.58. The zero-order valence-corrected chi connectivity index (χ0v) is 13.5. The maximum atomic E-state index is 12.2. The second kappa shape index (κ2) is 6.71. The topological polar surface area (TPSA) is 63.9 Å². The quantitative estimate of drug-likeness (QED) is 0.813. The van der Waals surface area contributed by atoms with Gasteiger partial charge in [-0.05, 0) is 51.6 Å². The number of hydrogen-bond donors (Lipinski definition) is 0. The van der Waals surface area contributed by atoms with E-state index in [1.54, 1.807) is 17.2 Å². The van der Waals surface area contributed by atoms with E-state index in [1.807, 2.05) is 33.8 Å². The average Bonchev–Trinajstić information content (AvgIpc) is 2.87. The van der Waals surface area contributed by atoms with Gasteiger partial charge in [0, 0.05) is 30.7 Å².